The van der Waals surface area contributed by atoms with Gasteiger partial charge in [0, 0.05) is 10.7 Å². The lowest BCUT2D eigenvalue weighted by atomic mass is 10.1. The molecule has 0 bridgehead atoms. The Morgan fingerprint density at radius 1 is 1.19 bits per heavy atom. The van der Waals surface area contributed by atoms with Crippen molar-refractivity contribution in [2.45, 2.75) is 6.92 Å². The lowest BCUT2D eigenvalue weighted by molar-refractivity contribution is -0.126. The molecule has 132 valence electrons. The highest BCUT2D eigenvalue weighted by Gasteiger charge is 2.33. The monoisotopic (exact) mass is 402 g/mol. The zero-order valence-electron chi connectivity index (χ0n) is 13.9. The molecule has 3 rings (SSSR count). The molecule has 1 saturated heterocycles. The number of halogens is 1. The summed E-state index contributed by atoms with van der Waals surface area (Å²) in [6, 6.07) is 14.6. The molecule has 2 aromatic rings. The van der Waals surface area contributed by atoms with E-state index in [-0.39, 0.29) is 18.4 Å². The van der Waals surface area contributed by atoms with E-state index in [0.29, 0.717) is 19.9 Å². The van der Waals surface area contributed by atoms with Crippen LogP contribution in [-0.4, -0.2) is 27.6 Å². The maximum Gasteiger partial charge on any atom is 0.266 e. The number of nitrogens with zero attached hydrogens (tertiary/aromatic N) is 1. The van der Waals surface area contributed by atoms with Crippen LogP contribution in [0.5, 0.6) is 0 Å². The standard InChI is InChI=1S/C19H15ClN2O2S2/c1-12-2-4-13(5-3-12)10-16-18(24)22(19(25)26-16)11-17(23)21-15-8-6-14(20)7-9-15/h2-10H,11H2,1H3,(H,21,23)/b16-10-. The van der Waals surface area contributed by atoms with E-state index in [4.69, 9.17) is 23.8 Å². The third-order valence-electron chi connectivity index (χ3n) is 3.68. The van der Waals surface area contributed by atoms with Crippen molar-refractivity contribution in [3.8, 4) is 0 Å². The number of nitrogens with one attached hydrogen (secondary N) is 1. The van der Waals surface area contributed by atoms with Crippen molar-refractivity contribution in [1.29, 1.82) is 0 Å². The van der Waals surface area contributed by atoms with Gasteiger partial charge in [-0.25, -0.2) is 0 Å². The van der Waals surface area contributed by atoms with E-state index in [1.807, 2.05) is 31.2 Å². The molecule has 0 aromatic heterocycles. The van der Waals surface area contributed by atoms with Gasteiger partial charge in [0.05, 0.1) is 4.91 Å². The molecule has 0 spiro atoms. The number of amides is 2. The number of carbonyl (C=O) groups excluding carboxylic acids is 2. The van der Waals surface area contributed by atoms with E-state index >= 15 is 0 Å². The first kappa shape index (κ1) is 18.6. The first-order valence-electron chi connectivity index (χ1n) is 7.80. The molecular weight excluding hydrogens is 388 g/mol. The summed E-state index contributed by atoms with van der Waals surface area (Å²) in [5.41, 5.74) is 2.68. The van der Waals surface area contributed by atoms with Crippen LogP contribution in [0.2, 0.25) is 5.02 Å². The van der Waals surface area contributed by atoms with Gasteiger partial charge in [-0.2, -0.15) is 0 Å². The fourth-order valence-electron chi connectivity index (χ4n) is 2.33. The summed E-state index contributed by atoms with van der Waals surface area (Å²) in [6.45, 7) is 1.88. The van der Waals surface area contributed by atoms with Gasteiger partial charge < -0.3 is 5.32 Å². The summed E-state index contributed by atoms with van der Waals surface area (Å²) in [5.74, 6) is -0.577. The molecule has 4 nitrogen and oxygen atoms in total. The smallest absolute Gasteiger partial charge is 0.266 e. The largest absolute Gasteiger partial charge is 0.325 e. The number of rotatable bonds is 4. The number of aryl methyl sites for hydroxylation is 1. The number of hydrogen-bond acceptors (Lipinski definition) is 4. The number of benzene rings is 2. The quantitative estimate of drug-likeness (QED) is 0.604. The second kappa shape index (κ2) is 8.03. The summed E-state index contributed by atoms with van der Waals surface area (Å²) in [5, 5.41) is 3.31. The van der Waals surface area contributed by atoms with E-state index in [1.54, 1.807) is 30.3 Å². The zero-order valence-corrected chi connectivity index (χ0v) is 16.3. The topological polar surface area (TPSA) is 49.4 Å². The first-order valence-corrected chi connectivity index (χ1v) is 9.40. The molecule has 2 aromatic carbocycles. The van der Waals surface area contributed by atoms with Gasteiger partial charge in [-0.15, -0.1) is 0 Å². The SMILES string of the molecule is Cc1ccc(/C=C2\SC(=S)N(CC(=O)Nc3ccc(Cl)cc3)C2=O)cc1. The van der Waals surface area contributed by atoms with Crippen LogP contribution in [0.25, 0.3) is 6.08 Å². The number of anilines is 1. The molecular formula is C19H15ClN2O2S2. The van der Waals surface area contributed by atoms with Crippen LogP contribution in [0.1, 0.15) is 11.1 Å². The summed E-state index contributed by atoms with van der Waals surface area (Å²) >= 11 is 12.3. The van der Waals surface area contributed by atoms with Crippen LogP contribution in [0.15, 0.2) is 53.4 Å². The molecule has 0 saturated carbocycles. The minimum Gasteiger partial charge on any atom is -0.325 e. The Morgan fingerprint density at radius 2 is 1.85 bits per heavy atom. The third kappa shape index (κ3) is 4.52. The van der Waals surface area contributed by atoms with Gasteiger partial charge >= 0.3 is 0 Å². The van der Waals surface area contributed by atoms with Crippen LogP contribution in [0.4, 0.5) is 5.69 Å². The maximum absolute atomic E-state index is 12.6. The second-order valence-corrected chi connectivity index (χ2v) is 7.85. The lowest BCUT2D eigenvalue weighted by Gasteiger charge is -2.14. The van der Waals surface area contributed by atoms with Crippen LogP contribution in [0, 0.1) is 6.92 Å². The fourth-order valence-corrected chi connectivity index (χ4v) is 3.71. The van der Waals surface area contributed by atoms with Gasteiger partial charge in [-0.3, -0.25) is 14.5 Å². The molecule has 1 aliphatic rings. The van der Waals surface area contributed by atoms with Crippen molar-refractivity contribution in [3.63, 3.8) is 0 Å². The van der Waals surface area contributed by atoms with Gasteiger partial charge in [0.1, 0.15) is 10.9 Å². The van der Waals surface area contributed by atoms with Crippen LogP contribution in [-0.2, 0) is 9.59 Å². The highest BCUT2D eigenvalue weighted by molar-refractivity contribution is 8.26. The molecule has 2 amide bonds. The number of thioether (sulfide) groups is 1. The Labute approximate surface area is 166 Å². The van der Waals surface area contributed by atoms with Gasteiger partial charge in [0.25, 0.3) is 5.91 Å². The van der Waals surface area contributed by atoms with Gasteiger partial charge in [0.15, 0.2) is 0 Å². The molecule has 0 unspecified atom stereocenters. The molecule has 1 aliphatic heterocycles. The summed E-state index contributed by atoms with van der Waals surface area (Å²) in [6.07, 6.45) is 1.79. The zero-order chi connectivity index (χ0) is 18.7. The summed E-state index contributed by atoms with van der Waals surface area (Å²) in [4.78, 5) is 26.6. The number of thiocarbonyl (C=S) groups is 1. The first-order chi connectivity index (χ1) is 12.4. The minimum absolute atomic E-state index is 0.126. The Morgan fingerprint density at radius 3 is 2.50 bits per heavy atom. The Kier molecular flexibility index (Phi) is 5.76. The molecule has 0 aliphatic carbocycles. The van der Waals surface area contributed by atoms with E-state index in [1.165, 1.54) is 16.7 Å². The highest BCUT2D eigenvalue weighted by atomic mass is 35.5. The minimum atomic E-state index is -0.319. The van der Waals surface area contributed by atoms with Crippen molar-refractivity contribution in [2.75, 3.05) is 11.9 Å². The van der Waals surface area contributed by atoms with Crippen molar-refractivity contribution >= 4 is 63.5 Å². The molecule has 0 radical (unpaired) electrons. The number of hydrogen-bond donors (Lipinski definition) is 1. The van der Waals surface area contributed by atoms with Gasteiger partial charge in [-0.1, -0.05) is 65.4 Å². The predicted molar refractivity (Wildman–Crippen MR) is 111 cm³/mol. The van der Waals surface area contributed by atoms with Crippen molar-refractivity contribution < 1.29 is 9.59 Å². The fraction of sp³-hybridized carbons (Fsp3) is 0.105. The van der Waals surface area contributed by atoms with E-state index in [2.05, 4.69) is 5.32 Å². The maximum atomic E-state index is 12.6. The summed E-state index contributed by atoms with van der Waals surface area (Å²) < 4.78 is 0.375. The molecule has 1 N–H and O–H groups in total. The van der Waals surface area contributed by atoms with E-state index in [0.717, 1.165) is 11.1 Å². The van der Waals surface area contributed by atoms with Crippen molar-refractivity contribution in [2.24, 2.45) is 0 Å². The third-order valence-corrected chi connectivity index (χ3v) is 5.31. The average molecular weight is 403 g/mol. The van der Waals surface area contributed by atoms with Crippen LogP contribution in [0.3, 0.4) is 0 Å². The highest BCUT2D eigenvalue weighted by Crippen LogP contribution is 2.32. The van der Waals surface area contributed by atoms with Gasteiger partial charge in [0.2, 0.25) is 5.91 Å². The second-order valence-electron chi connectivity index (χ2n) is 5.73. The van der Waals surface area contributed by atoms with E-state index in [9.17, 15) is 9.59 Å². The Balaban J connectivity index is 1.67. The van der Waals surface area contributed by atoms with Crippen LogP contribution >= 0.6 is 35.6 Å². The normalized spacial score (nSPS) is 15.6. The molecule has 26 heavy (non-hydrogen) atoms. The Bertz CT molecular complexity index is 893. The molecule has 1 heterocycles. The lowest BCUT2D eigenvalue weighted by Crippen LogP contribution is -2.36. The van der Waals surface area contributed by atoms with Crippen molar-refractivity contribution in [3.05, 3.63) is 69.6 Å². The molecule has 1 fully saturated rings. The van der Waals surface area contributed by atoms with E-state index < -0.39 is 0 Å². The average Bonchev–Trinajstić information content (AvgIpc) is 2.86. The number of carbonyl (C=O) groups is 2. The predicted octanol–water partition coefficient (Wildman–Crippen LogP) is 4.49. The molecule has 7 heteroatoms. The van der Waals surface area contributed by atoms with Gasteiger partial charge in [-0.05, 0) is 42.8 Å². The Hall–Kier alpha value is -2.15. The van der Waals surface area contributed by atoms with Crippen molar-refractivity contribution in [1.82, 2.24) is 4.90 Å². The summed E-state index contributed by atoms with van der Waals surface area (Å²) in [7, 11) is 0. The van der Waals surface area contributed by atoms with Crippen LogP contribution < -0.4 is 5.32 Å². The molecule has 0 atom stereocenters.